The zero-order chi connectivity index (χ0) is 17.1. The molecule has 2 heterocycles. The molecule has 6 heteroatoms. The fourth-order valence-electron chi connectivity index (χ4n) is 4.09. The predicted octanol–water partition coefficient (Wildman–Crippen LogP) is 1.07. The Morgan fingerprint density at radius 1 is 1.00 bits per heavy atom. The number of rotatable bonds is 4. The molecule has 128 valence electrons. The van der Waals surface area contributed by atoms with Gasteiger partial charge in [-0.25, -0.2) is 0 Å². The molecule has 0 atom stereocenters. The monoisotopic (exact) mass is 327 g/mol. The van der Waals surface area contributed by atoms with Gasteiger partial charge >= 0.3 is 122 Å². The maximum atomic E-state index is 11.2. The van der Waals surface area contributed by atoms with E-state index in [9.17, 15) is 9.90 Å². The molecule has 2 aliphatic rings. The number of aliphatic hydroxyl groups is 1. The van der Waals surface area contributed by atoms with Gasteiger partial charge < -0.3 is 5.73 Å². The van der Waals surface area contributed by atoms with Crippen LogP contribution in [0.5, 0.6) is 0 Å². The average molecular weight is 327 g/mol. The third-order valence-electron chi connectivity index (χ3n) is 5.63. The summed E-state index contributed by atoms with van der Waals surface area (Å²) in [4.78, 5) is 15.5. The van der Waals surface area contributed by atoms with Crippen molar-refractivity contribution in [3.8, 4) is 0 Å². The molecule has 3 N–H and O–H groups in total. The Morgan fingerprint density at radius 3 is 1.96 bits per heavy atom. The van der Waals surface area contributed by atoms with Gasteiger partial charge in [-0.05, 0) is 0 Å². The van der Waals surface area contributed by atoms with Crippen molar-refractivity contribution in [3.05, 3.63) is 29.8 Å². The van der Waals surface area contributed by atoms with Gasteiger partial charge in [-0.15, -0.1) is 0 Å². The van der Waals surface area contributed by atoms with E-state index in [1.807, 2.05) is 17.0 Å². The van der Waals surface area contributed by atoms with Crippen LogP contribution < -0.4 is 10.6 Å². The summed E-state index contributed by atoms with van der Waals surface area (Å²) < 4.78 is 0. The van der Waals surface area contributed by atoms with E-state index in [-0.39, 0.29) is 11.7 Å². The fraction of sp³-hybridized carbons (Fsp3) is 0.556. The number of aliphatic hydroxyl groups excluding tert-OH is 1. The molecule has 0 aromatic heterocycles. The van der Waals surface area contributed by atoms with Crippen LogP contribution in [-0.4, -0.2) is 55.4 Å². The van der Waals surface area contributed by atoms with Gasteiger partial charge in [0.15, 0.2) is 0 Å². The van der Waals surface area contributed by atoms with Crippen LogP contribution in [-0.2, 0) is 0 Å². The van der Waals surface area contributed by atoms with E-state index in [0.717, 1.165) is 50.9 Å². The molecule has 2 aliphatic heterocycles. The number of carbonyl (C=O) groups is 1. The Balaban J connectivity index is 1.51. The Bertz CT molecular complexity index is 589. The van der Waals surface area contributed by atoms with Crippen molar-refractivity contribution in [2.45, 2.75) is 25.7 Å². The number of piperidine rings is 2. The van der Waals surface area contributed by atoms with E-state index in [1.165, 1.54) is 18.5 Å². The number of carbonyl (C=O) groups excluding carboxylic acids is 1. The summed E-state index contributed by atoms with van der Waals surface area (Å²) in [6.45, 7) is 3.98. The quantitative estimate of drug-likeness (QED) is 0.812. The molecule has 5 nitrogen and oxygen atoms in total. The van der Waals surface area contributed by atoms with Crippen molar-refractivity contribution in [1.29, 1.82) is 0 Å². The molecule has 0 unspecified atom stereocenters. The second-order valence-electron chi connectivity index (χ2n) is 6.98. The summed E-state index contributed by atoms with van der Waals surface area (Å²) in [5.41, 5.74) is 7.03. The molecule has 2 fully saturated rings. The minimum atomic E-state index is -0.378. The molecule has 0 aliphatic carbocycles. The van der Waals surface area contributed by atoms with Crippen molar-refractivity contribution in [1.82, 2.24) is 4.90 Å². The molecule has 2 saturated heterocycles. The Labute approximate surface area is 144 Å². The number of amides is 1. The summed E-state index contributed by atoms with van der Waals surface area (Å²) in [6, 6.07) is 7.60. The standard InChI is InChI=1S/C18H26BN3O2/c19-18(24)22-11-7-14(8-12-22)13-5-9-21(10-6-13)16-3-1-15(2-4-16)17(20)23/h1-4,13-14,19,24H,5-12H2,(H2,20,23). The Hall–Kier alpha value is -1.98. The van der Waals surface area contributed by atoms with Crippen LogP contribution in [0.2, 0.25) is 0 Å². The van der Waals surface area contributed by atoms with Crippen LogP contribution in [0.15, 0.2) is 24.3 Å². The summed E-state index contributed by atoms with van der Waals surface area (Å²) >= 11 is 0. The van der Waals surface area contributed by atoms with Crippen LogP contribution in [0, 0.1) is 11.8 Å². The van der Waals surface area contributed by atoms with Gasteiger partial charge in [-0.1, -0.05) is 0 Å². The topological polar surface area (TPSA) is 69.8 Å². The molecule has 24 heavy (non-hydrogen) atoms. The number of nitrogens with zero attached hydrogens (tertiary/aromatic N) is 2. The number of anilines is 1. The first-order chi connectivity index (χ1) is 11.5. The molecule has 3 rings (SSSR count). The van der Waals surface area contributed by atoms with Crippen molar-refractivity contribution in [3.63, 3.8) is 0 Å². The van der Waals surface area contributed by atoms with Gasteiger partial charge in [-0.2, -0.15) is 0 Å². The third-order valence-corrected chi connectivity index (χ3v) is 5.63. The van der Waals surface area contributed by atoms with Crippen LogP contribution in [0.1, 0.15) is 36.0 Å². The van der Waals surface area contributed by atoms with Gasteiger partial charge in [0, 0.05) is 5.56 Å². The summed E-state index contributed by atoms with van der Waals surface area (Å²) in [7, 11) is 3.62. The van der Waals surface area contributed by atoms with Crippen molar-refractivity contribution in [2.24, 2.45) is 17.6 Å². The van der Waals surface area contributed by atoms with E-state index in [0.29, 0.717) is 5.56 Å². The first-order valence-corrected chi connectivity index (χ1v) is 8.82. The van der Waals surface area contributed by atoms with Gasteiger partial charge in [0.25, 0.3) is 0 Å². The molecular formula is C18H26BN3O2. The fourth-order valence-corrected chi connectivity index (χ4v) is 4.09. The number of nitrogens with two attached hydrogens (primary N) is 1. The van der Waals surface area contributed by atoms with Crippen molar-refractivity contribution in [2.75, 3.05) is 31.1 Å². The van der Waals surface area contributed by atoms with Gasteiger partial charge in [0.2, 0.25) is 5.91 Å². The third kappa shape index (κ3) is 3.74. The zero-order valence-electron chi connectivity index (χ0n) is 14.2. The first kappa shape index (κ1) is 16.9. The average Bonchev–Trinajstić information content (AvgIpc) is 2.62. The normalized spacial score (nSPS) is 20.1. The number of primary amides is 1. The van der Waals surface area contributed by atoms with Crippen LogP contribution in [0.25, 0.3) is 0 Å². The van der Waals surface area contributed by atoms with E-state index < -0.39 is 0 Å². The van der Waals surface area contributed by atoms with Crippen LogP contribution in [0.4, 0.5) is 5.69 Å². The van der Waals surface area contributed by atoms with Gasteiger partial charge in [0.05, 0.1) is 0 Å². The molecule has 1 aromatic rings. The number of hydrogen-bond acceptors (Lipinski definition) is 4. The van der Waals surface area contributed by atoms with Gasteiger partial charge in [-0.3, -0.25) is 4.79 Å². The molecule has 1 aromatic carbocycles. The van der Waals surface area contributed by atoms with Crippen molar-refractivity contribution < 1.29 is 9.90 Å². The molecular weight excluding hydrogens is 301 g/mol. The molecule has 0 radical (unpaired) electrons. The molecule has 1 amide bonds. The second kappa shape index (κ2) is 7.28. The van der Waals surface area contributed by atoms with E-state index in [4.69, 9.17) is 5.73 Å². The zero-order valence-corrected chi connectivity index (χ0v) is 14.2. The predicted molar refractivity (Wildman–Crippen MR) is 98.3 cm³/mol. The van der Waals surface area contributed by atoms with Gasteiger partial charge in [0.1, 0.15) is 0 Å². The van der Waals surface area contributed by atoms with E-state index >= 15 is 0 Å². The van der Waals surface area contributed by atoms with Crippen LogP contribution in [0.3, 0.4) is 0 Å². The molecule has 0 saturated carbocycles. The Kier molecular flexibility index (Phi) is 5.12. The van der Waals surface area contributed by atoms with E-state index in [2.05, 4.69) is 12.4 Å². The minimum absolute atomic E-state index is 0.211. The molecule has 0 bridgehead atoms. The SMILES string of the molecule is B=C(O)N1CCC(C2CCN(c3ccc(C(N)=O)cc3)CC2)CC1. The summed E-state index contributed by atoms with van der Waals surface area (Å²) in [5.74, 6) is 1.38. The van der Waals surface area contributed by atoms with E-state index in [1.54, 1.807) is 12.1 Å². The number of likely N-dealkylation sites (tertiary alicyclic amines) is 1. The van der Waals surface area contributed by atoms with Crippen LogP contribution >= 0.6 is 0 Å². The first-order valence-electron chi connectivity index (χ1n) is 8.82. The number of benzene rings is 1. The molecule has 0 spiro atoms. The summed E-state index contributed by atoms with van der Waals surface area (Å²) in [5, 5.41) is 9.48. The summed E-state index contributed by atoms with van der Waals surface area (Å²) in [6.07, 6.45) is 4.72. The van der Waals surface area contributed by atoms with Crippen molar-refractivity contribution >= 4 is 24.9 Å². The Morgan fingerprint density at radius 2 is 1.50 bits per heavy atom. The maximum absolute atomic E-state index is 11.2. The second-order valence-corrected chi connectivity index (χ2v) is 6.98. The number of hydrogen-bond donors (Lipinski definition) is 2.